The number of carbonyl (C=O) groups excluding carboxylic acids is 1. The molecule has 1 aliphatic heterocycles. The summed E-state index contributed by atoms with van der Waals surface area (Å²) in [5, 5.41) is 12.8. The van der Waals surface area contributed by atoms with Crippen molar-refractivity contribution in [3.8, 4) is 0 Å². The van der Waals surface area contributed by atoms with E-state index in [1.165, 1.54) is 12.1 Å². The molecule has 0 aliphatic carbocycles. The molecule has 1 fully saturated rings. The highest BCUT2D eigenvalue weighted by atomic mass is 19.1. The van der Waals surface area contributed by atoms with Gasteiger partial charge in [0, 0.05) is 25.0 Å². The number of nitrogens with zero attached hydrogens (tertiary/aromatic N) is 2. The number of amides is 1. The first-order valence-electron chi connectivity index (χ1n) is 9.27. The predicted octanol–water partition coefficient (Wildman–Crippen LogP) is 2.76. The minimum atomic E-state index is -1.14. The normalized spacial score (nSPS) is 24.8. The second-order valence-electron chi connectivity index (χ2n) is 7.18. The van der Waals surface area contributed by atoms with E-state index in [0.29, 0.717) is 13.0 Å². The lowest BCUT2D eigenvalue weighted by atomic mass is 9.87. The monoisotopic (exact) mass is 385 g/mol. The van der Waals surface area contributed by atoms with Gasteiger partial charge in [-0.1, -0.05) is 19.1 Å². The van der Waals surface area contributed by atoms with Gasteiger partial charge in [0.05, 0.1) is 5.92 Å². The van der Waals surface area contributed by atoms with Crippen LogP contribution in [0.3, 0.4) is 0 Å². The number of nitrogens with one attached hydrogen (secondary N) is 1. The molecule has 2 heterocycles. The van der Waals surface area contributed by atoms with E-state index in [4.69, 9.17) is 0 Å². The average Bonchev–Trinajstić information content (AvgIpc) is 3.01. The molecule has 2 N–H and O–H groups in total. The maximum atomic E-state index is 13.4. The Morgan fingerprint density at radius 2 is 1.89 bits per heavy atom. The molecule has 0 saturated carbocycles. The summed E-state index contributed by atoms with van der Waals surface area (Å²) in [6, 6.07) is 9.08. The van der Waals surface area contributed by atoms with Crippen LogP contribution in [0.4, 0.5) is 4.39 Å². The number of aromatic nitrogens is 1. The summed E-state index contributed by atoms with van der Waals surface area (Å²) in [6.07, 6.45) is 3.86. The van der Waals surface area contributed by atoms with Gasteiger partial charge in [0.25, 0.3) is 0 Å². The topological polar surface area (TPSA) is 82.5 Å². The molecule has 0 radical (unpaired) electrons. The van der Waals surface area contributed by atoms with Crippen molar-refractivity contribution in [1.82, 2.24) is 15.2 Å². The Hall–Kier alpha value is -2.80. The molecule has 3 atom stereocenters. The summed E-state index contributed by atoms with van der Waals surface area (Å²) in [4.78, 5) is 30.8. The van der Waals surface area contributed by atoms with Crippen molar-refractivity contribution in [2.45, 2.75) is 37.9 Å². The Kier molecular flexibility index (Phi) is 5.74. The van der Waals surface area contributed by atoms with E-state index >= 15 is 0 Å². The van der Waals surface area contributed by atoms with E-state index in [-0.39, 0.29) is 18.1 Å². The van der Waals surface area contributed by atoms with Gasteiger partial charge in [0.2, 0.25) is 5.91 Å². The van der Waals surface area contributed by atoms with Gasteiger partial charge in [-0.3, -0.25) is 19.5 Å². The van der Waals surface area contributed by atoms with E-state index in [0.717, 1.165) is 11.1 Å². The highest BCUT2D eigenvalue weighted by Crippen LogP contribution is 2.47. The minimum absolute atomic E-state index is 0.194. The third-order valence-corrected chi connectivity index (χ3v) is 5.78. The Balaban J connectivity index is 1.89. The molecular formula is C21H24FN3O3. The van der Waals surface area contributed by atoms with Crippen molar-refractivity contribution in [1.29, 1.82) is 0 Å². The quantitative estimate of drug-likeness (QED) is 0.799. The summed E-state index contributed by atoms with van der Waals surface area (Å²) in [6.45, 7) is 2.15. The number of aliphatic carboxylic acids is 1. The number of benzene rings is 1. The fraction of sp³-hybridized carbons (Fsp3) is 0.381. The molecule has 6 nitrogen and oxygen atoms in total. The van der Waals surface area contributed by atoms with Gasteiger partial charge >= 0.3 is 5.97 Å². The summed E-state index contributed by atoms with van der Waals surface area (Å²) < 4.78 is 13.4. The molecule has 3 rings (SSSR count). The van der Waals surface area contributed by atoms with Crippen LogP contribution in [0, 0.1) is 11.7 Å². The van der Waals surface area contributed by atoms with Crippen molar-refractivity contribution in [2.75, 3.05) is 7.05 Å². The van der Waals surface area contributed by atoms with Gasteiger partial charge in [-0.15, -0.1) is 0 Å². The molecule has 0 unspecified atom stereocenters. The number of hydrogen-bond acceptors (Lipinski definition) is 4. The predicted molar refractivity (Wildman–Crippen MR) is 102 cm³/mol. The largest absolute Gasteiger partial charge is 0.480 e. The Morgan fingerprint density at radius 1 is 1.25 bits per heavy atom. The fourth-order valence-electron chi connectivity index (χ4n) is 4.11. The van der Waals surface area contributed by atoms with Crippen LogP contribution in [-0.4, -0.2) is 39.5 Å². The summed E-state index contributed by atoms with van der Waals surface area (Å²) in [5.41, 5.74) is 0.495. The molecular weight excluding hydrogens is 361 g/mol. The van der Waals surface area contributed by atoms with E-state index in [2.05, 4.69) is 10.3 Å². The number of carbonyl (C=O) groups is 2. The van der Waals surface area contributed by atoms with E-state index in [1.807, 2.05) is 19.1 Å². The zero-order valence-corrected chi connectivity index (χ0v) is 15.9. The molecule has 2 aromatic rings. The number of carboxylic acids is 1. The van der Waals surface area contributed by atoms with E-state index < -0.39 is 23.5 Å². The lowest BCUT2D eigenvalue weighted by molar-refractivity contribution is -0.150. The van der Waals surface area contributed by atoms with Gasteiger partial charge in [0.15, 0.2) is 0 Å². The molecule has 148 valence electrons. The van der Waals surface area contributed by atoms with Crippen LogP contribution in [0.1, 0.15) is 36.9 Å². The number of rotatable bonds is 6. The van der Waals surface area contributed by atoms with Crippen molar-refractivity contribution in [2.24, 2.45) is 5.92 Å². The van der Waals surface area contributed by atoms with Crippen LogP contribution in [0.25, 0.3) is 0 Å². The van der Waals surface area contributed by atoms with Gasteiger partial charge < -0.3 is 10.4 Å². The molecule has 7 heteroatoms. The van der Waals surface area contributed by atoms with Crippen LogP contribution in [0.15, 0.2) is 48.8 Å². The highest BCUT2D eigenvalue weighted by molar-refractivity contribution is 5.85. The van der Waals surface area contributed by atoms with E-state index in [9.17, 15) is 19.1 Å². The fourth-order valence-corrected chi connectivity index (χ4v) is 4.11. The number of carboxylic acid groups (broad SMARTS) is 1. The van der Waals surface area contributed by atoms with Gasteiger partial charge in [-0.25, -0.2) is 4.39 Å². The summed E-state index contributed by atoms with van der Waals surface area (Å²) in [5.74, 6) is -2.10. The number of pyridine rings is 1. The third kappa shape index (κ3) is 3.62. The van der Waals surface area contributed by atoms with Crippen molar-refractivity contribution >= 4 is 11.9 Å². The number of likely N-dealkylation sites (N-methyl/N-ethyl adjacent to an activating group) is 1. The highest BCUT2D eigenvalue weighted by Gasteiger charge is 2.56. The molecule has 1 aromatic heterocycles. The van der Waals surface area contributed by atoms with E-state index in [1.54, 1.807) is 36.5 Å². The Morgan fingerprint density at radius 3 is 2.46 bits per heavy atom. The second-order valence-corrected chi connectivity index (χ2v) is 7.18. The zero-order chi connectivity index (χ0) is 20.3. The molecule has 0 spiro atoms. The third-order valence-electron chi connectivity index (χ3n) is 5.78. The van der Waals surface area contributed by atoms with Crippen molar-refractivity contribution in [3.63, 3.8) is 0 Å². The second kappa shape index (κ2) is 8.06. The Bertz CT molecular complexity index is 844. The van der Waals surface area contributed by atoms with Crippen molar-refractivity contribution < 1.29 is 19.1 Å². The van der Waals surface area contributed by atoms with Crippen LogP contribution in [0.5, 0.6) is 0 Å². The standard InChI is InChI=1S/C21H24FN3O3/c1-3-21(20(27)28)12-17(19(26)24-13-14-8-10-23-11-9-14)18(25(21)2)15-4-6-16(22)7-5-15/h4-11,17-18H,3,12-13H2,1-2H3,(H,24,26)(H,27,28)/t17-,18-,21-/m0/s1. The van der Waals surface area contributed by atoms with Crippen molar-refractivity contribution in [3.05, 3.63) is 65.7 Å². The molecule has 0 bridgehead atoms. The average molecular weight is 385 g/mol. The van der Waals surface area contributed by atoms with Crippen LogP contribution < -0.4 is 5.32 Å². The smallest absolute Gasteiger partial charge is 0.324 e. The maximum absolute atomic E-state index is 13.4. The molecule has 1 saturated heterocycles. The molecule has 1 aliphatic rings. The number of halogens is 1. The SMILES string of the molecule is CC[C@@]1(C(=O)O)C[C@H](C(=O)NCc2ccncc2)[C@H](c2ccc(F)cc2)N1C. The maximum Gasteiger partial charge on any atom is 0.324 e. The lowest BCUT2D eigenvalue weighted by Gasteiger charge is -2.34. The first kappa shape index (κ1) is 19.9. The first-order chi connectivity index (χ1) is 13.4. The molecule has 1 amide bonds. The number of likely N-dealkylation sites (tertiary alicyclic amines) is 1. The first-order valence-corrected chi connectivity index (χ1v) is 9.27. The zero-order valence-electron chi connectivity index (χ0n) is 15.9. The summed E-state index contributed by atoms with van der Waals surface area (Å²) >= 11 is 0. The number of hydrogen-bond donors (Lipinski definition) is 2. The van der Waals surface area contributed by atoms with Gasteiger partial charge in [-0.05, 0) is 55.3 Å². The minimum Gasteiger partial charge on any atom is -0.480 e. The van der Waals surface area contributed by atoms with Gasteiger partial charge in [0.1, 0.15) is 11.4 Å². The van der Waals surface area contributed by atoms with Crippen LogP contribution in [-0.2, 0) is 16.1 Å². The lowest BCUT2D eigenvalue weighted by Crippen LogP contribution is -2.48. The molecule has 1 aromatic carbocycles. The van der Waals surface area contributed by atoms with Crippen LogP contribution in [0.2, 0.25) is 0 Å². The summed E-state index contributed by atoms with van der Waals surface area (Å²) in [7, 11) is 1.72. The Labute approximate surface area is 163 Å². The van der Waals surface area contributed by atoms with Crippen LogP contribution >= 0.6 is 0 Å². The van der Waals surface area contributed by atoms with Gasteiger partial charge in [-0.2, -0.15) is 0 Å². The molecule has 28 heavy (non-hydrogen) atoms.